The number of hydroxylamine groups is 1. The van der Waals surface area contributed by atoms with Crippen LogP contribution in [-0.4, -0.2) is 76.2 Å². The molecule has 0 spiro atoms. The van der Waals surface area contributed by atoms with Gasteiger partial charge in [0.1, 0.15) is 18.0 Å². The summed E-state index contributed by atoms with van der Waals surface area (Å²) < 4.78 is 53.0. The van der Waals surface area contributed by atoms with Gasteiger partial charge in [-0.3, -0.25) is 4.99 Å². The third kappa shape index (κ3) is 5.27. The molecule has 2 aliphatic heterocycles. The van der Waals surface area contributed by atoms with Crippen LogP contribution in [0, 0.1) is 5.92 Å². The molecule has 11 heteroatoms. The normalized spacial score (nSPS) is 27.7. The highest BCUT2D eigenvalue weighted by molar-refractivity contribution is 6.00. The maximum Gasteiger partial charge on any atom is 0.432 e. The smallest absolute Gasteiger partial charge is 0.372 e. The van der Waals surface area contributed by atoms with Crippen LogP contribution >= 0.6 is 0 Å². The van der Waals surface area contributed by atoms with Crippen LogP contribution in [0.1, 0.15) is 19.3 Å². The van der Waals surface area contributed by atoms with E-state index < -0.39 is 36.5 Å². The van der Waals surface area contributed by atoms with E-state index in [1.54, 1.807) is 23.7 Å². The highest BCUT2D eigenvalue weighted by Crippen LogP contribution is 2.27. The van der Waals surface area contributed by atoms with Crippen molar-refractivity contribution in [3.63, 3.8) is 0 Å². The number of aliphatic hydroxyl groups excluding tert-OH is 1. The minimum Gasteiger partial charge on any atom is -0.372 e. The van der Waals surface area contributed by atoms with Crippen LogP contribution < -0.4 is 5.48 Å². The molecule has 1 saturated heterocycles. The largest absolute Gasteiger partial charge is 0.432 e. The lowest BCUT2D eigenvalue weighted by atomic mass is 9.95. The molecule has 1 aliphatic carbocycles. The van der Waals surface area contributed by atoms with Crippen molar-refractivity contribution in [2.75, 3.05) is 19.6 Å². The Bertz CT molecular complexity index is 765. The average molecular weight is 432 g/mol. The van der Waals surface area contributed by atoms with Crippen LogP contribution in [0.15, 0.2) is 40.9 Å². The number of carbonyl (C=O) groups is 1. The SMILES string of the molecule is O=C(N1CC[C@H](F)C1)N(CC1C=CC(C(O)NO)=CC1)C1CC=CC(C(F)(F)F)=N1. The summed E-state index contributed by atoms with van der Waals surface area (Å²) in [5.41, 5.74) is 1.10. The number of amides is 2. The number of halogens is 4. The first-order chi connectivity index (χ1) is 14.2. The molecule has 2 heterocycles. The van der Waals surface area contributed by atoms with E-state index in [9.17, 15) is 27.5 Å². The molecule has 0 saturated carbocycles. The van der Waals surface area contributed by atoms with Crippen molar-refractivity contribution in [3.8, 4) is 0 Å². The maximum atomic E-state index is 13.6. The number of carbonyl (C=O) groups excluding carboxylic acids is 1. The zero-order chi connectivity index (χ0) is 21.9. The van der Waals surface area contributed by atoms with Gasteiger partial charge in [0.05, 0.1) is 6.54 Å². The second-order valence-corrected chi connectivity index (χ2v) is 7.49. The molecule has 3 N–H and O–H groups in total. The molecule has 1 fully saturated rings. The zero-order valence-corrected chi connectivity index (χ0v) is 16.1. The van der Waals surface area contributed by atoms with Crippen molar-refractivity contribution >= 4 is 11.7 Å². The van der Waals surface area contributed by atoms with Crippen LogP contribution in [0.25, 0.3) is 0 Å². The first kappa shape index (κ1) is 22.4. The molecular weight excluding hydrogens is 408 g/mol. The highest BCUT2D eigenvalue weighted by atomic mass is 19.4. The molecule has 3 aliphatic rings. The number of hydrogen-bond donors (Lipinski definition) is 3. The summed E-state index contributed by atoms with van der Waals surface area (Å²) in [7, 11) is 0. The van der Waals surface area contributed by atoms with Gasteiger partial charge in [-0.2, -0.15) is 18.7 Å². The quantitative estimate of drug-likeness (QED) is 0.354. The number of aliphatic hydroxyl groups is 1. The van der Waals surface area contributed by atoms with Gasteiger partial charge in [-0.1, -0.05) is 24.3 Å². The molecule has 2 amide bonds. The molecule has 7 nitrogen and oxygen atoms in total. The summed E-state index contributed by atoms with van der Waals surface area (Å²) in [4.78, 5) is 19.4. The highest BCUT2D eigenvalue weighted by Gasteiger charge is 2.39. The molecule has 3 rings (SSSR count). The third-order valence-electron chi connectivity index (χ3n) is 5.29. The van der Waals surface area contributed by atoms with Crippen molar-refractivity contribution in [2.45, 2.75) is 44.0 Å². The minimum absolute atomic E-state index is 0.0857. The second-order valence-electron chi connectivity index (χ2n) is 7.49. The number of hydrogen-bond acceptors (Lipinski definition) is 5. The Labute approximate surface area is 171 Å². The van der Waals surface area contributed by atoms with Crippen molar-refractivity contribution in [1.82, 2.24) is 15.3 Å². The van der Waals surface area contributed by atoms with E-state index in [4.69, 9.17) is 5.21 Å². The number of allylic oxidation sites excluding steroid dienone is 2. The Morgan fingerprint density at radius 1 is 1.37 bits per heavy atom. The van der Waals surface area contributed by atoms with Crippen molar-refractivity contribution in [3.05, 3.63) is 36.0 Å². The fourth-order valence-electron chi connectivity index (χ4n) is 3.67. The van der Waals surface area contributed by atoms with E-state index in [1.807, 2.05) is 0 Å². The summed E-state index contributed by atoms with van der Waals surface area (Å²) >= 11 is 0. The second kappa shape index (κ2) is 9.27. The van der Waals surface area contributed by atoms with Crippen LogP contribution in [0.4, 0.5) is 22.4 Å². The molecule has 0 bridgehead atoms. The van der Waals surface area contributed by atoms with Gasteiger partial charge in [0.15, 0.2) is 6.23 Å². The van der Waals surface area contributed by atoms with Gasteiger partial charge in [0.25, 0.3) is 0 Å². The molecule has 0 aromatic carbocycles. The van der Waals surface area contributed by atoms with Crippen molar-refractivity contribution in [1.29, 1.82) is 0 Å². The molecular formula is C19H24F4N4O3. The van der Waals surface area contributed by atoms with Gasteiger partial charge in [0.2, 0.25) is 0 Å². The number of urea groups is 1. The summed E-state index contributed by atoms with van der Waals surface area (Å²) in [5, 5.41) is 18.4. The molecule has 0 radical (unpaired) electrons. The molecule has 4 atom stereocenters. The third-order valence-corrected chi connectivity index (χ3v) is 5.29. The van der Waals surface area contributed by atoms with Crippen LogP contribution in [0.2, 0.25) is 0 Å². The number of dihydropyridines is 1. The molecule has 3 unspecified atom stereocenters. The number of aliphatic imine (C=N–C) groups is 1. The molecule has 0 aromatic rings. The number of likely N-dealkylation sites (tertiary alicyclic amines) is 1. The Hall–Kier alpha value is -2.24. The van der Waals surface area contributed by atoms with Crippen LogP contribution in [0.3, 0.4) is 0 Å². The summed E-state index contributed by atoms with van der Waals surface area (Å²) in [6.07, 6.45) is -0.166. The van der Waals surface area contributed by atoms with E-state index in [2.05, 4.69) is 4.99 Å². The Morgan fingerprint density at radius 2 is 2.13 bits per heavy atom. The van der Waals surface area contributed by atoms with E-state index in [1.165, 1.54) is 15.9 Å². The summed E-state index contributed by atoms with van der Waals surface area (Å²) in [5.74, 6) is -0.234. The lowest BCUT2D eigenvalue weighted by Gasteiger charge is -2.36. The summed E-state index contributed by atoms with van der Waals surface area (Å²) in [6.45, 7) is 0.197. The van der Waals surface area contributed by atoms with E-state index in [0.717, 1.165) is 6.08 Å². The predicted molar refractivity (Wildman–Crippen MR) is 100 cm³/mol. The molecule has 0 aromatic heterocycles. The fourth-order valence-corrected chi connectivity index (χ4v) is 3.67. The Morgan fingerprint density at radius 3 is 2.70 bits per heavy atom. The zero-order valence-electron chi connectivity index (χ0n) is 16.1. The van der Waals surface area contributed by atoms with Gasteiger partial charge < -0.3 is 20.1 Å². The molecule has 166 valence electrons. The standard InChI is InChI=1S/C19H24F4N4O3/c20-14-8-9-26(11-14)18(29)27(16-3-1-2-15(24-16)19(21,22)23)10-12-4-6-13(7-5-12)17(28)25-30/h1-2,4,6-7,12,14,16-17,25,28,30H,3,5,8-11H2/t12?,14-,16?,17?/m0/s1. The van der Waals surface area contributed by atoms with Crippen LogP contribution in [-0.2, 0) is 0 Å². The number of alkyl halides is 4. The Kier molecular flexibility index (Phi) is 6.94. The van der Waals surface area contributed by atoms with Gasteiger partial charge in [-0.05, 0) is 30.4 Å². The lowest BCUT2D eigenvalue weighted by Crippen LogP contribution is -2.49. The molecule has 30 heavy (non-hydrogen) atoms. The number of nitrogens with one attached hydrogen (secondary N) is 1. The predicted octanol–water partition coefficient (Wildman–Crippen LogP) is 2.54. The van der Waals surface area contributed by atoms with E-state index in [0.29, 0.717) is 12.0 Å². The van der Waals surface area contributed by atoms with Crippen molar-refractivity contribution < 1.29 is 32.7 Å². The van der Waals surface area contributed by atoms with Crippen LogP contribution in [0.5, 0.6) is 0 Å². The number of rotatable bonds is 5. The lowest BCUT2D eigenvalue weighted by molar-refractivity contribution is -0.0586. The topological polar surface area (TPSA) is 88.4 Å². The minimum atomic E-state index is -4.63. The maximum absolute atomic E-state index is 13.6. The van der Waals surface area contributed by atoms with Gasteiger partial charge in [0, 0.05) is 19.5 Å². The van der Waals surface area contributed by atoms with Gasteiger partial charge >= 0.3 is 12.2 Å². The van der Waals surface area contributed by atoms with Gasteiger partial charge in [-0.25, -0.2) is 9.18 Å². The van der Waals surface area contributed by atoms with E-state index in [-0.39, 0.29) is 38.4 Å². The first-order valence-corrected chi connectivity index (χ1v) is 9.66. The number of nitrogens with zero attached hydrogens (tertiary/aromatic N) is 3. The first-order valence-electron chi connectivity index (χ1n) is 9.66. The van der Waals surface area contributed by atoms with Crippen molar-refractivity contribution in [2.24, 2.45) is 10.9 Å². The monoisotopic (exact) mass is 432 g/mol. The van der Waals surface area contributed by atoms with Gasteiger partial charge in [-0.15, -0.1) is 0 Å². The average Bonchev–Trinajstić information content (AvgIpc) is 3.17. The fraction of sp³-hybridized carbons (Fsp3) is 0.579. The summed E-state index contributed by atoms with van der Waals surface area (Å²) in [6, 6.07) is -0.541. The van der Waals surface area contributed by atoms with E-state index >= 15 is 0 Å². The Balaban J connectivity index is 1.78.